The van der Waals surface area contributed by atoms with Crippen LogP contribution in [0.1, 0.15) is 0 Å². The van der Waals surface area contributed by atoms with E-state index in [-0.39, 0.29) is 5.91 Å². The number of methoxy groups -OCH3 is 1. The molecule has 2 N–H and O–H groups in total. The van der Waals surface area contributed by atoms with E-state index < -0.39 is 0 Å². The summed E-state index contributed by atoms with van der Waals surface area (Å²) in [6, 6.07) is 11.7. The van der Waals surface area contributed by atoms with Crippen molar-refractivity contribution in [3.8, 4) is 17.0 Å². The monoisotopic (exact) mass is 503 g/mol. The van der Waals surface area contributed by atoms with Crippen LogP contribution in [0.25, 0.3) is 21.5 Å². The molecule has 4 rings (SSSR count). The molecule has 0 atom stereocenters. The summed E-state index contributed by atoms with van der Waals surface area (Å²) in [6.45, 7) is 5.19. The highest BCUT2D eigenvalue weighted by molar-refractivity contribution is 7.16. The van der Waals surface area contributed by atoms with Gasteiger partial charge in [0.05, 0.1) is 45.6 Å². The fraction of sp³-hybridized carbons (Fsp3) is 0.231. The van der Waals surface area contributed by atoms with Crippen molar-refractivity contribution in [3.63, 3.8) is 0 Å². The summed E-state index contributed by atoms with van der Waals surface area (Å²) in [7, 11) is 7.63. The molecule has 2 aromatic heterocycles. The number of amides is 1. The number of anilines is 4. The van der Waals surface area contributed by atoms with E-state index in [2.05, 4.69) is 48.0 Å². The smallest absolute Gasteiger partial charge is 0.247 e. The Morgan fingerprint density at radius 1 is 1.08 bits per heavy atom. The molecule has 4 aromatic rings. The second-order valence-corrected chi connectivity index (χ2v) is 9.32. The fourth-order valence-electron chi connectivity index (χ4n) is 3.64. The zero-order valence-electron chi connectivity index (χ0n) is 20.8. The molecule has 186 valence electrons. The topological polar surface area (TPSA) is 95.5 Å². The van der Waals surface area contributed by atoms with Gasteiger partial charge in [-0.05, 0) is 38.4 Å². The summed E-state index contributed by atoms with van der Waals surface area (Å²) in [6.07, 6.45) is 2.77. The number of hydrogen-bond acceptors (Lipinski definition) is 9. The van der Waals surface area contributed by atoms with Gasteiger partial charge in [-0.1, -0.05) is 12.6 Å². The lowest BCUT2D eigenvalue weighted by molar-refractivity contribution is -0.111. The maximum absolute atomic E-state index is 12.2. The first-order valence-corrected chi connectivity index (χ1v) is 12.2. The molecule has 0 aliphatic rings. The van der Waals surface area contributed by atoms with Crippen LogP contribution in [-0.2, 0) is 4.79 Å². The van der Waals surface area contributed by atoms with Crippen molar-refractivity contribution < 1.29 is 9.53 Å². The van der Waals surface area contributed by atoms with E-state index >= 15 is 0 Å². The van der Waals surface area contributed by atoms with Gasteiger partial charge in [0.1, 0.15) is 17.9 Å². The molecule has 10 heteroatoms. The number of benzene rings is 2. The van der Waals surface area contributed by atoms with E-state index in [1.54, 1.807) is 18.4 Å². The van der Waals surface area contributed by atoms with Crippen LogP contribution >= 0.6 is 11.3 Å². The van der Waals surface area contributed by atoms with Gasteiger partial charge >= 0.3 is 0 Å². The Morgan fingerprint density at radius 3 is 2.67 bits per heavy atom. The number of nitrogens with zero attached hydrogens (tertiary/aromatic N) is 5. The van der Waals surface area contributed by atoms with Crippen LogP contribution < -0.4 is 20.3 Å². The number of thiazole rings is 1. The van der Waals surface area contributed by atoms with Crippen LogP contribution in [0.3, 0.4) is 0 Å². The Bertz CT molecular complexity index is 1390. The highest BCUT2D eigenvalue weighted by Crippen LogP contribution is 2.38. The molecule has 0 aliphatic carbocycles. The van der Waals surface area contributed by atoms with Crippen molar-refractivity contribution in [2.75, 3.05) is 56.9 Å². The quantitative estimate of drug-likeness (QED) is 0.303. The number of carbonyl (C=O) groups excluding carboxylic acids is 1. The third-order valence-corrected chi connectivity index (χ3v) is 6.40. The van der Waals surface area contributed by atoms with Crippen molar-refractivity contribution in [3.05, 3.63) is 60.9 Å². The minimum atomic E-state index is -0.295. The Hall–Kier alpha value is -4.02. The maximum Gasteiger partial charge on any atom is 0.247 e. The number of rotatable bonds is 10. The van der Waals surface area contributed by atoms with Gasteiger partial charge in [-0.2, -0.15) is 0 Å². The average molecular weight is 504 g/mol. The van der Waals surface area contributed by atoms with Crippen LogP contribution in [0.4, 0.5) is 22.9 Å². The SMILES string of the molecule is C=CC(=O)Nc1cc(Nc2cc(-c3ccc4ncsc4c3)ncn2)c(OC)cc1N(C)CCN(C)C. The molecule has 0 aliphatic heterocycles. The molecule has 0 saturated carbocycles. The van der Waals surface area contributed by atoms with E-state index in [9.17, 15) is 4.79 Å². The summed E-state index contributed by atoms with van der Waals surface area (Å²) < 4.78 is 6.79. The lowest BCUT2D eigenvalue weighted by Gasteiger charge is -2.26. The predicted molar refractivity (Wildman–Crippen MR) is 148 cm³/mol. The third kappa shape index (κ3) is 5.78. The molecule has 0 bridgehead atoms. The molecule has 0 spiro atoms. The molecule has 0 saturated heterocycles. The van der Waals surface area contributed by atoms with Crippen molar-refractivity contribution in [2.45, 2.75) is 0 Å². The van der Waals surface area contributed by atoms with Gasteiger partial charge in [0, 0.05) is 37.8 Å². The molecule has 0 fully saturated rings. The molecule has 0 radical (unpaired) electrons. The Kier molecular flexibility index (Phi) is 7.77. The summed E-state index contributed by atoms with van der Waals surface area (Å²) in [5, 5.41) is 6.24. The summed E-state index contributed by atoms with van der Waals surface area (Å²) in [5.41, 5.74) is 6.67. The predicted octanol–water partition coefficient (Wildman–Crippen LogP) is 4.63. The van der Waals surface area contributed by atoms with E-state index in [0.717, 1.165) is 40.3 Å². The first-order chi connectivity index (χ1) is 17.4. The number of ether oxygens (including phenoxy) is 1. The number of nitrogens with one attached hydrogen (secondary N) is 2. The minimum Gasteiger partial charge on any atom is -0.494 e. The number of likely N-dealkylation sites (N-methyl/N-ethyl adjacent to an activating group) is 2. The lowest BCUT2D eigenvalue weighted by atomic mass is 10.1. The van der Waals surface area contributed by atoms with Gasteiger partial charge in [-0.15, -0.1) is 11.3 Å². The van der Waals surface area contributed by atoms with Crippen LogP contribution in [-0.4, -0.2) is 67.1 Å². The van der Waals surface area contributed by atoms with Crippen LogP contribution in [0, 0.1) is 0 Å². The molecule has 0 unspecified atom stereocenters. The van der Waals surface area contributed by atoms with E-state index in [1.165, 1.54) is 12.4 Å². The van der Waals surface area contributed by atoms with Crippen molar-refractivity contribution in [1.29, 1.82) is 0 Å². The molecule has 2 aromatic carbocycles. The number of hydrogen-bond donors (Lipinski definition) is 2. The minimum absolute atomic E-state index is 0.295. The van der Waals surface area contributed by atoms with Crippen molar-refractivity contribution in [1.82, 2.24) is 19.9 Å². The lowest BCUT2D eigenvalue weighted by Crippen LogP contribution is -2.29. The van der Waals surface area contributed by atoms with Crippen LogP contribution in [0.5, 0.6) is 5.75 Å². The maximum atomic E-state index is 12.2. The molecule has 2 heterocycles. The number of aromatic nitrogens is 3. The van der Waals surface area contributed by atoms with Gasteiger partial charge in [0.2, 0.25) is 5.91 Å². The highest BCUT2D eigenvalue weighted by atomic mass is 32.1. The van der Waals surface area contributed by atoms with Gasteiger partial charge in [0.15, 0.2) is 0 Å². The van der Waals surface area contributed by atoms with Crippen molar-refractivity contribution in [2.24, 2.45) is 0 Å². The first-order valence-electron chi connectivity index (χ1n) is 11.3. The summed E-state index contributed by atoms with van der Waals surface area (Å²) in [5.74, 6) is 0.915. The van der Waals surface area contributed by atoms with Gasteiger partial charge < -0.3 is 25.2 Å². The van der Waals surface area contributed by atoms with Gasteiger partial charge in [0.25, 0.3) is 0 Å². The van der Waals surface area contributed by atoms with E-state index in [1.807, 2.05) is 57.0 Å². The Morgan fingerprint density at radius 2 is 1.92 bits per heavy atom. The zero-order valence-corrected chi connectivity index (χ0v) is 21.6. The number of carbonyl (C=O) groups is 1. The molecule has 36 heavy (non-hydrogen) atoms. The molecule has 1 amide bonds. The van der Waals surface area contributed by atoms with Gasteiger partial charge in [-0.3, -0.25) is 4.79 Å². The third-order valence-electron chi connectivity index (χ3n) is 5.61. The zero-order chi connectivity index (χ0) is 25.7. The largest absolute Gasteiger partial charge is 0.494 e. The first kappa shape index (κ1) is 25.1. The molecular formula is C26H29N7O2S. The van der Waals surface area contributed by atoms with Crippen LogP contribution in [0.15, 0.2) is 60.9 Å². The van der Waals surface area contributed by atoms with Crippen LogP contribution in [0.2, 0.25) is 0 Å². The standard InChI is InChI=1S/C26H29N7O2S/c1-6-26(34)31-20-12-21(23(35-5)14-22(20)33(4)10-9-32(2)3)30-25-13-19(27-15-28-25)17-7-8-18-24(11-17)36-16-29-18/h6-8,11-16H,1,9-10H2,2-5H3,(H,31,34)(H,27,28,30). The fourth-order valence-corrected chi connectivity index (χ4v) is 4.36. The summed E-state index contributed by atoms with van der Waals surface area (Å²) >= 11 is 1.59. The highest BCUT2D eigenvalue weighted by Gasteiger charge is 2.16. The Balaban J connectivity index is 1.67. The van der Waals surface area contributed by atoms with Crippen molar-refractivity contribution >= 4 is 50.3 Å². The second-order valence-electron chi connectivity index (χ2n) is 8.44. The normalized spacial score (nSPS) is 10.9. The number of fused-ring (bicyclic) bond motifs is 1. The van der Waals surface area contributed by atoms with E-state index in [4.69, 9.17) is 4.74 Å². The summed E-state index contributed by atoms with van der Waals surface area (Å²) in [4.78, 5) is 29.5. The second kappa shape index (κ2) is 11.1. The van der Waals surface area contributed by atoms with Gasteiger partial charge in [-0.25, -0.2) is 15.0 Å². The molecule has 9 nitrogen and oxygen atoms in total. The molecular weight excluding hydrogens is 474 g/mol. The van der Waals surface area contributed by atoms with E-state index in [0.29, 0.717) is 22.9 Å². The average Bonchev–Trinajstić information content (AvgIpc) is 3.35. The Labute approximate surface area is 214 Å².